The minimum Gasteiger partial charge on any atom is -0.476 e. The van der Waals surface area contributed by atoms with Crippen molar-refractivity contribution in [2.45, 2.75) is 34.1 Å². The Hall–Kier alpha value is -2.68. The molecule has 0 bridgehead atoms. The van der Waals surface area contributed by atoms with E-state index in [1.807, 2.05) is 6.07 Å². The summed E-state index contributed by atoms with van der Waals surface area (Å²) in [5.41, 5.74) is 2.38. The highest BCUT2D eigenvalue weighted by atomic mass is 16.5. The topological polar surface area (TPSA) is 91.7 Å². The van der Waals surface area contributed by atoms with Crippen LogP contribution in [0.4, 0.5) is 0 Å². The van der Waals surface area contributed by atoms with Gasteiger partial charge in [0.1, 0.15) is 11.6 Å². The fourth-order valence-corrected chi connectivity index (χ4v) is 1.92. The highest BCUT2D eigenvalue weighted by molar-refractivity contribution is 5.97. The average molecular weight is 312 g/mol. The zero-order valence-corrected chi connectivity index (χ0v) is 13.8. The lowest BCUT2D eigenvalue weighted by molar-refractivity contribution is -0.113. The molecule has 0 radical (unpaired) electrons. The van der Waals surface area contributed by atoms with Crippen LogP contribution in [0, 0.1) is 16.7 Å². The quantitative estimate of drug-likeness (QED) is 0.677. The molecule has 6 heteroatoms. The number of H-pyrrole nitrogens is 1. The summed E-state index contributed by atoms with van der Waals surface area (Å²) in [5, 5.41) is 8.93. The number of carbonyl (C=O) groups excluding carboxylic acids is 1. The van der Waals surface area contributed by atoms with Gasteiger partial charge >= 0.3 is 0 Å². The molecule has 0 aliphatic heterocycles. The van der Waals surface area contributed by atoms with Crippen LogP contribution in [0.25, 0.3) is 11.2 Å². The SMILES string of the molecule is CC(=O)C(C#N)=CCc1c[nH]c2ncc(OCC(C)(C)C)nc12. The van der Waals surface area contributed by atoms with Crippen molar-refractivity contribution in [1.82, 2.24) is 15.0 Å². The molecule has 1 N–H and O–H groups in total. The number of ketones is 1. The second-order valence-electron chi connectivity index (χ2n) is 6.56. The predicted molar refractivity (Wildman–Crippen MR) is 86.9 cm³/mol. The number of nitrogens with one attached hydrogen (secondary N) is 1. The van der Waals surface area contributed by atoms with Crippen LogP contribution >= 0.6 is 0 Å². The van der Waals surface area contributed by atoms with Gasteiger partial charge in [-0.3, -0.25) is 4.79 Å². The highest BCUT2D eigenvalue weighted by Gasteiger charge is 2.13. The number of ether oxygens (including phenoxy) is 1. The zero-order chi connectivity index (χ0) is 17.0. The van der Waals surface area contributed by atoms with Crippen molar-refractivity contribution in [2.75, 3.05) is 6.61 Å². The van der Waals surface area contributed by atoms with Crippen molar-refractivity contribution >= 4 is 16.9 Å². The number of hydrogen-bond acceptors (Lipinski definition) is 5. The van der Waals surface area contributed by atoms with Gasteiger partial charge in [0, 0.05) is 11.8 Å². The number of fused-ring (bicyclic) bond motifs is 1. The highest BCUT2D eigenvalue weighted by Crippen LogP contribution is 2.20. The van der Waals surface area contributed by atoms with Crippen molar-refractivity contribution in [3.05, 3.63) is 29.6 Å². The smallest absolute Gasteiger partial charge is 0.233 e. The number of aromatic nitrogens is 3. The van der Waals surface area contributed by atoms with E-state index >= 15 is 0 Å². The first kappa shape index (κ1) is 16.7. The normalized spacial score (nSPS) is 12.2. The van der Waals surface area contributed by atoms with E-state index in [2.05, 4.69) is 35.7 Å². The third kappa shape index (κ3) is 4.39. The Kier molecular flexibility index (Phi) is 4.80. The molecule has 0 amide bonds. The summed E-state index contributed by atoms with van der Waals surface area (Å²) in [6, 6.07) is 1.90. The number of Topliss-reactive ketones (excluding diaryl/α,β-unsaturated/α-hetero) is 1. The van der Waals surface area contributed by atoms with Gasteiger partial charge in [0.25, 0.3) is 0 Å². The molecule has 0 aliphatic rings. The summed E-state index contributed by atoms with van der Waals surface area (Å²) in [4.78, 5) is 23.1. The molecular formula is C17H20N4O2. The first-order valence-corrected chi connectivity index (χ1v) is 7.37. The van der Waals surface area contributed by atoms with Gasteiger partial charge in [0.05, 0.1) is 18.4 Å². The molecule has 23 heavy (non-hydrogen) atoms. The Morgan fingerprint density at radius 3 is 2.83 bits per heavy atom. The molecule has 6 nitrogen and oxygen atoms in total. The first-order valence-electron chi connectivity index (χ1n) is 7.37. The summed E-state index contributed by atoms with van der Waals surface area (Å²) in [6.45, 7) is 8.16. The van der Waals surface area contributed by atoms with E-state index in [1.165, 1.54) is 6.92 Å². The van der Waals surface area contributed by atoms with E-state index in [1.54, 1.807) is 18.5 Å². The molecule has 2 aromatic heterocycles. The standard InChI is InChI=1S/C17H20N4O2/c1-11(22)12(7-18)5-6-13-8-19-16-15(13)21-14(9-20-16)23-10-17(2,3)4/h5,8-9H,6,10H2,1-4H3,(H,19,20). The maximum absolute atomic E-state index is 11.3. The zero-order valence-electron chi connectivity index (χ0n) is 13.8. The molecule has 2 aromatic rings. The molecule has 0 saturated heterocycles. The van der Waals surface area contributed by atoms with Gasteiger partial charge < -0.3 is 9.72 Å². The number of nitriles is 1. The number of nitrogens with zero attached hydrogens (tertiary/aromatic N) is 3. The third-order valence-electron chi connectivity index (χ3n) is 3.12. The third-order valence-corrected chi connectivity index (χ3v) is 3.12. The van der Waals surface area contributed by atoms with E-state index in [9.17, 15) is 4.79 Å². The van der Waals surface area contributed by atoms with Crippen LogP contribution in [0.15, 0.2) is 24.0 Å². The largest absolute Gasteiger partial charge is 0.476 e. The van der Waals surface area contributed by atoms with Crippen molar-refractivity contribution in [3.63, 3.8) is 0 Å². The predicted octanol–water partition coefficient (Wildman–Crippen LogP) is 2.96. The molecule has 2 rings (SSSR count). The van der Waals surface area contributed by atoms with Crippen molar-refractivity contribution in [1.29, 1.82) is 5.26 Å². The Morgan fingerprint density at radius 2 is 2.22 bits per heavy atom. The van der Waals surface area contributed by atoms with Gasteiger partial charge in [-0.25, -0.2) is 9.97 Å². The molecule has 0 atom stereocenters. The van der Waals surface area contributed by atoms with Crippen LogP contribution in [0.1, 0.15) is 33.3 Å². The van der Waals surface area contributed by atoms with Crippen LogP contribution in [0.3, 0.4) is 0 Å². The molecule has 0 aliphatic carbocycles. The molecule has 0 saturated carbocycles. The van der Waals surface area contributed by atoms with Gasteiger partial charge in [-0.1, -0.05) is 26.8 Å². The number of hydrogen-bond donors (Lipinski definition) is 1. The lowest BCUT2D eigenvalue weighted by Gasteiger charge is -2.17. The average Bonchev–Trinajstić information content (AvgIpc) is 2.87. The van der Waals surface area contributed by atoms with Gasteiger partial charge in [-0.05, 0) is 18.8 Å². The molecule has 0 aromatic carbocycles. The molecule has 2 heterocycles. The van der Waals surface area contributed by atoms with Gasteiger partial charge in [0.2, 0.25) is 5.88 Å². The lowest BCUT2D eigenvalue weighted by atomic mass is 9.99. The second-order valence-corrected chi connectivity index (χ2v) is 6.56. The van der Waals surface area contributed by atoms with Crippen LogP contribution < -0.4 is 4.74 Å². The van der Waals surface area contributed by atoms with E-state index < -0.39 is 0 Å². The Morgan fingerprint density at radius 1 is 1.48 bits per heavy atom. The Bertz CT molecular complexity index is 791. The Labute approximate surface area is 135 Å². The lowest BCUT2D eigenvalue weighted by Crippen LogP contribution is -2.17. The van der Waals surface area contributed by atoms with E-state index in [-0.39, 0.29) is 16.8 Å². The summed E-state index contributed by atoms with van der Waals surface area (Å²) in [6.07, 6.45) is 5.40. The number of aromatic amines is 1. The van der Waals surface area contributed by atoms with E-state index in [4.69, 9.17) is 10.00 Å². The fraction of sp³-hybridized carbons (Fsp3) is 0.412. The molecule has 0 unspecified atom stereocenters. The van der Waals surface area contributed by atoms with Crippen molar-refractivity contribution in [2.24, 2.45) is 5.41 Å². The first-order chi connectivity index (χ1) is 10.8. The van der Waals surface area contributed by atoms with Gasteiger partial charge in [0.15, 0.2) is 11.4 Å². The van der Waals surface area contributed by atoms with Gasteiger partial charge in [-0.2, -0.15) is 5.26 Å². The van der Waals surface area contributed by atoms with E-state index in [0.29, 0.717) is 30.1 Å². The van der Waals surface area contributed by atoms with Crippen LogP contribution in [-0.4, -0.2) is 27.3 Å². The van der Waals surface area contributed by atoms with Crippen molar-refractivity contribution < 1.29 is 9.53 Å². The number of allylic oxidation sites excluding steroid dienone is 2. The van der Waals surface area contributed by atoms with Crippen LogP contribution in [0.5, 0.6) is 5.88 Å². The summed E-state index contributed by atoms with van der Waals surface area (Å²) >= 11 is 0. The molecule has 0 fully saturated rings. The number of carbonyl (C=O) groups is 1. The monoisotopic (exact) mass is 312 g/mol. The summed E-state index contributed by atoms with van der Waals surface area (Å²) in [5.74, 6) is 0.219. The summed E-state index contributed by atoms with van der Waals surface area (Å²) in [7, 11) is 0. The minimum absolute atomic E-state index is 0.0313. The second kappa shape index (κ2) is 6.61. The van der Waals surface area contributed by atoms with Crippen molar-refractivity contribution in [3.8, 4) is 11.9 Å². The maximum Gasteiger partial charge on any atom is 0.233 e. The molecule has 0 spiro atoms. The Balaban J connectivity index is 2.25. The molecule has 120 valence electrons. The van der Waals surface area contributed by atoms with E-state index in [0.717, 1.165) is 5.56 Å². The fourth-order valence-electron chi connectivity index (χ4n) is 1.92. The van der Waals surface area contributed by atoms with Gasteiger partial charge in [-0.15, -0.1) is 0 Å². The van der Waals surface area contributed by atoms with Crippen LogP contribution in [-0.2, 0) is 11.2 Å². The van der Waals surface area contributed by atoms with Crippen LogP contribution in [0.2, 0.25) is 0 Å². The maximum atomic E-state index is 11.3. The minimum atomic E-state index is -0.243. The molecular weight excluding hydrogens is 292 g/mol. The summed E-state index contributed by atoms with van der Waals surface area (Å²) < 4.78 is 5.68. The number of rotatable bonds is 5.